The molecular formula is C16H16OS. The summed E-state index contributed by atoms with van der Waals surface area (Å²) in [5, 5.41) is 10.5. The van der Waals surface area contributed by atoms with Crippen molar-refractivity contribution in [1.29, 1.82) is 0 Å². The Balaban J connectivity index is 1.79. The molecule has 0 saturated heterocycles. The molecule has 2 heteroatoms. The molecule has 1 aliphatic rings. The minimum atomic E-state index is -0.245. The Morgan fingerprint density at radius 1 is 0.833 bits per heavy atom. The third kappa shape index (κ3) is 2.45. The molecule has 0 unspecified atom stereocenters. The van der Waals surface area contributed by atoms with Crippen LogP contribution in [0.5, 0.6) is 0 Å². The van der Waals surface area contributed by atoms with Crippen LogP contribution in [-0.4, -0.2) is 16.5 Å². The van der Waals surface area contributed by atoms with Gasteiger partial charge in [-0.1, -0.05) is 42.5 Å². The van der Waals surface area contributed by atoms with Crippen LogP contribution < -0.4 is 0 Å². The van der Waals surface area contributed by atoms with Crippen LogP contribution in [0.1, 0.15) is 11.1 Å². The molecular weight excluding hydrogens is 240 g/mol. The predicted molar refractivity (Wildman–Crippen MR) is 75.9 cm³/mol. The van der Waals surface area contributed by atoms with Crippen LogP contribution in [-0.2, 0) is 12.8 Å². The van der Waals surface area contributed by atoms with Gasteiger partial charge in [0.25, 0.3) is 0 Å². The maximum absolute atomic E-state index is 10.3. The zero-order chi connectivity index (χ0) is 12.4. The van der Waals surface area contributed by atoms with Gasteiger partial charge in [-0.05, 0) is 36.1 Å². The Morgan fingerprint density at radius 2 is 1.44 bits per heavy atom. The average Bonchev–Trinajstić information content (AvgIpc) is 2.41. The monoisotopic (exact) mass is 256 g/mol. The first-order valence-electron chi connectivity index (χ1n) is 6.29. The fourth-order valence-electron chi connectivity index (χ4n) is 2.46. The van der Waals surface area contributed by atoms with Crippen molar-refractivity contribution >= 4 is 11.8 Å². The van der Waals surface area contributed by atoms with Crippen molar-refractivity contribution in [1.82, 2.24) is 0 Å². The van der Waals surface area contributed by atoms with Gasteiger partial charge in [0, 0.05) is 10.1 Å². The Kier molecular flexibility index (Phi) is 3.39. The molecule has 0 aromatic heterocycles. The molecule has 0 heterocycles. The highest BCUT2D eigenvalue weighted by Gasteiger charge is 2.27. The second-order valence-electron chi connectivity index (χ2n) is 4.71. The van der Waals surface area contributed by atoms with E-state index in [1.807, 2.05) is 18.2 Å². The SMILES string of the molecule is O[C@@H]1Cc2ccccc2C[C@H]1Sc1ccccc1. The van der Waals surface area contributed by atoms with E-state index in [1.165, 1.54) is 16.0 Å². The summed E-state index contributed by atoms with van der Waals surface area (Å²) in [6, 6.07) is 18.8. The minimum Gasteiger partial charge on any atom is -0.392 e. The van der Waals surface area contributed by atoms with E-state index in [9.17, 15) is 5.11 Å². The fraction of sp³-hybridized carbons (Fsp3) is 0.250. The first-order chi connectivity index (χ1) is 8.83. The quantitative estimate of drug-likeness (QED) is 0.889. The summed E-state index contributed by atoms with van der Waals surface area (Å²) < 4.78 is 0. The third-order valence-electron chi connectivity index (χ3n) is 3.43. The summed E-state index contributed by atoms with van der Waals surface area (Å²) in [6.07, 6.45) is 1.49. The van der Waals surface area contributed by atoms with Gasteiger partial charge in [0.1, 0.15) is 0 Å². The topological polar surface area (TPSA) is 20.2 Å². The van der Waals surface area contributed by atoms with Gasteiger partial charge in [-0.2, -0.15) is 0 Å². The number of hydrogen-bond donors (Lipinski definition) is 1. The van der Waals surface area contributed by atoms with Gasteiger partial charge in [0.05, 0.1) is 6.10 Å². The zero-order valence-electron chi connectivity index (χ0n) is 10.1. The molecule has 18 heavy (non-hydrogen) atoms. The molecule has 2 aromatic carbocycles. The number of hydrogen-bond acceptors (Lipinski definition) is 2. The Hall–Kier alpha value is -1.25. The van der Waals surface area contributed by atoms with Crippen LogP contribution in [0.25, 0.3) is 0 Å². The van der Waals surface area contributed by atoms with Gasteiger partial charge in [-0.15, -0.1) is 11.8 Å². The average molecular weight is 256 g/mol. The van der Waals surface area contributed by atoms with E-state index < -0.39 is 0 Å². The molecule has 0 spiro atoms. The van der Waals surface area contributed by atoms with Crippen molar-refractivity contribution in [2.75, 3.05) is 0 Å². The number of aliphatic hydroxyl groups is 1. The number of rotatable bonds is 2. The van der Waals surface area contributed by atoms with Gasteiger partial charge in [-0.25, -0.2) is 0 Å². The van der Waals surface area contributed by atoms with E-state index >= 15 is 0 Å². The standard InChI is InChI=1S/C16H16OS/c17-15-10-12-6-4-5-7-13(12)11-16(15)18-14-8-2-1-3-9-14/h1-9,15-17H,10-11H2/t15-,16-/m1/s1. The van der Waals surface area contributed by atoms with Crippen molar-refractivity contribution in [2.24, 2.45) is 0 Å². The van der Waals surface area contributed by atoms with Crippen molar-refractivity contribution in [3.8, 4) is 0 Å². The molecule has 1 N–H and O–H groups in total. The summed E-state index contributed by atoms with van der Waals surface area (Å²) >= 11 is 1.79. The molecule has 1 nitrogen and oxygen atoms in total. The van der Waals surface area contributed by atoms with Crippen molar-refractivity contribution in [2.45, 2.75) is 29.1 Å². The summed E-state index contributed by atoms with van der Waals surface area (Å²) in [6.45, 7) is 0. The second-order valence-corrected chi connectivity index (χ2v) is 6.03. The van der Waals surface area contributed by atoms with Crippen LogP contribution in [0.2, 0.25) is 0 Å². The number of benzene rings is 2. The zero-order valence-corrected chi connectivity index (χ0v) is 10.9. The first-order valence-corrected chi connectivity index (χ1v) is 7.17. The van der Waals surface area contributed by atoms with E-state index in [0.717, 1.165) is 12.8 Å². The Bertz CT molecular complexity index is 524. The summed E-state index contributed by atoms with van der Waals surface area (Å²) in [5.41, 5.74) is 2.69. The van der Waals surface area contributed by atoms with E-state index in [1.54, 1.807) is 11.8 Å². The molecule has 0 amide bonds. The predicted octanol–water partition coefficient (Wildman–Crippen LogP) is 3.31. The first kappa shape index (κ1) is 11.8. The lowest BCUT2D eigenvalue weighted by atomic mass is 9.89. The summed E-state index contributed by atoms with van der Waals surface area (Å²) in [5.74, 6) is 0. The molecule has 0 bridgehead atoms. The van der Waals surface area contributed by atoms with E-state index in [4.69, 9.17) is 0 Å². The van der Waals surface area contributed by atoms with Crippen LogP contribution in [0.15, 0.2) is 59.5 Å². The van der Waals surface area contributed by atoms with Gasteiger partial charge >= 0.3 is 0 Å². The molecule has 0 saturated carbocycles. The van der Waals surface area contributed by atoms with Crippen molar-refractivity contribution in [3.05, 3.63) is 65.7 Å². The molecule has 2 atom stereocenters. The van der Waals surface area contributed by atoms with Crippen molar-refractivity contribution in [3.63, 3.8) is 0 Å². The molecule has 0 radical (unpaired) electrons. The fourth-order valence-corrected chi connectivity index (χ4v) is 3.64. The van der Waals surface area contributed by atoms with Gasteiger partial charge in [-0.3, -0.25) is 0 Å². The lowest BCUT2D eigenvalue weighted by molar-refractivity contribution is 0.165. The molecule has 3 rings (SSSR count). The number of fused-ring (bicyclic) bond motifs is 1. The lowest BCUT2D eigenvalue weighted by Gasteiger charge is -2.29. The highest BCUT2D eigenvalue weighted by atomic mass is 32.2. The largest absolute Gasteiger partial charge is 0.392 e. The maximum atomic E-state index is 10.3. The van der Waals surface area contributed by atoms with Crippen molar-refractivity contribution < 1.29 is 5.11 Å². The van der Waals surface area contributed by atoms with Gasteiger partial charge in [0.15, 0.2) is 0 Å². The van der Waals surface area contributed by atoms with E-state index in [-0.39, 0.29) is 11.4 Å². The molecule has 2 aromatic rings. The molecule has 0 aliphatic heterocycles. The van der Waals surface area contributed by atoms with Crippen LogP contribution in [0.3, 0.4) is 0 Å². The Labute approximate surface area is 112 Å². The lowest BCUT2D eigenvalue weighted by Crippen LogP contribution is -2.32. The third-order valence-corrected chi connectivity index (χ3v) is 4.76. The highest BCUT2D eigenvalue weighted by Crippen LogP contribution is 2.33. The highest BCUT2D eigenvalue weighted by molar-refractivity contribution is 8.00. The number of thioether (sulfide) groups is 1. The van der Waals surface area contributed by atoms with Gasteiger partial charge < -0.3 is 5.11 Å². The molecule has 92 valence electrons. The van der Waals surface area contributed by atoms with Crippen LogP contribution in [0, 0.1) is 0 Å². The molecule has 0 fully saturated rings. The smallest absolute Gasteiger partial charge is 0.0705 e. The maximum Gasteiger partial charge on any atom is 0.0705 e. The number of aliphatic hydroxyl groups excluding tert-OH is 1. The minimum absolute atomic E-state index is 0.245. The Morgan fingerprint density at radius 3 is 2.17 bits per heavy atom. The van der Waals surface area contributed by atoms with E-state index in [0.29, 0.717) is 0 Å². The van der Waals surface area contributed by atoms with E-state index in [2.05, 4.69) is 36.4 Å². The summed E-state index contributed by atoms with van der Waals surface area (Å²) in [4.78, 5) is 1.24. The second kappa shape index (κ2) is 5.17. The molecule has 1 aliphatic carbocycles. The normalized spacial score (nSPS) is 22.5. The van der Waals surface area contributed by atoms with Crippen LogP contribution >= 0.6 is 11.8 Å². The summed E-state index contributed by atoms with van der Waals surface area (Å²) in [7, 11) is 0. The van der Waals surface area contributed by atoms with Crippen LogP contribution in [0.4, 0.5) is 0 Å². The van der Waals surface area contributed by atoms with Gasteiger partial charge in [0.2, 0.25) is 0 Å².